The van der Waals surface area contributed by atoms with E-state index in [1.165, 1.54) is 0 Å². The summed E-state index contributed by atoms with van der Waals surface area (Å²) in [6, 6.07) is 0. The molecule has 0 aliphatic rings. The molecule has 0 radical (unpaired) electrons. The van der Waals surface area contributed by atoms with Crippen molar-refractivity contribution in [2.24, 2.45) is 11.5 Å². The van der Waals surface area contributed by atoms with Crippen molar-refractivity contribution in [2.75, 3.05) is 13.1 Å². The Kier molecular flexibility index (Phi) is 27.8. The molecule has 0 aromatic carbocycles. The average molecular weight is 179 g/mol. The zero-order valence-electron chi connectivity index (χ0n) is 5.24. The smallest absolute Gasteiger partial charge is 0.300 e. The van der Waals surface area contributed by atoms with Crippen LogP contribution in [0, 0.1) is 0 Å². The van der Waals surface area contributed by atoms with Crippen molar-refractivity contribution in [2.45, 2.75) is 6.92 Å². The number of rotatable bonds is 1. The molecule has 0 unspecified atom stereocenters. The van der Waals surface area contributed by atoms with Crippen molar-refractivity contribution >= 4 is 5.97 Å². The number of carboxylic acids is 1. The fourth-order valence-electron chi connectivity index (χ4n) is 0. The summed E-state index contributed by atoms with van der Waals surface area (Å²) in [4.78, 5) is 9.00. The van der Waals surface area contributed by atoms with Gasteiger partial charge in [-0.25, -0.2) is 0 Å². The van der Waals surface area contributed by atoms with Crippen LogP contribution in [0.3, 0.4) is 0 Å². The predicted molar refractivity (Wildman–Crippen MR) is 31.4 cm³/mol. The Balaban J connectivity index is -0.0000000720. The molecule has 0 spiro atoms. The summed E-state index contributed by atoms with van der Waals surface area (Å²) in [5, 5.41) is 7.42. The normalized spacial score (nSPS) is 6.11. The van der Waals surface area contributed by atoms with Gasteiger partial charge in [-0.05, 0) is 0 Å². The van der Waals surface area contributed by atoms with Crippen molar-refractivity contribution < 1.29 is 26.4 Å². The summed E-state index contributed by atoms with van der Waals surface area (Å²) < 4.78 is 0. The van der Waals surface area contributed by atoms with Gasteiger partial charge < -0.3 is 16.6 Å². The predicted octanol–water partition coefficient (Wildman–Crippen LogP) is -1.01. The molecule has 60 valence electrons. The second kappa shape index (κ2) is 15.7. The van der Waals surface area contributed by atoms with E-state index in [0.717, 1.165) is 6.92 Å². The van der Waals surface area contributed by atoms with Crippen molar-refractivity contribution in [1.82, 2.24) is 0 Å². The van der Waals surface area contributed by atoms with Gasteiger partial charge in [0.25, 0.3) is 5.97 Å². The zero-order valence-corrected chi connectivity index (χ0v) is 6.23. The fourth-order valence-corrected chi connectivity index (χ4v) is 0. The van der Waals surface area contributed by atoms with E-state index >= 15 is 0 Å². The molecule has 0 fully saturated rings. The quantitative estimate of drug-likeness (QED) is 0.450. The molecular weight excluding hydrogens is 167 g/mol. The van der Waals surface area contributed by atoms with E-state index in [2.05, 4.69) is 0 Å². The van der Waals surface area contributed by atoms with Gasteiger partial charge in [0, 0.05) is 36.5 Å². The molecule has 0 heterocycles. The molecule has 0 aromatic rings. The van der Waals surface area contributed by atoms with Crippen LogP contribution in [0.1, 0.15) is 6.92 Å². The molecule has 4 nitrogen and oxygen atoms in total. The second-order valence-electron chi connectivity index (χ2n) is 1.10. The summed E-state index contributed by atoms with van der Waals surface area (Å²) in [5.74, 6) is -0.833. The molecule has 0 atom stereocenters. The SMILES string of the molecule is CC(=O)O.NCCN.[Ni]. The zero-order chi connectivity index (χ0) is 6.99. The summed E-state index contributed by atoms with van der Waals surface area (Å²) in [7, 11) is 0. The Morgan fingerprint density at radius 2 is 1.56 bits per heavy atom. The van der Waals surface area contributed by atoms with E-state index in [9.17, 15) is 0 Å². The first-order chi connectivity index (χ1) is 3.65. The Labute approximate surface area is 64.5 Å². The largest absolute Gasteiger partial charge is 0.481 e. The number of carbonyl (C=O) groups is 1. The molecule has 0 aliphatic carbocycles. The molecule has 5 heteroatoms. The maximum atomic E-state index is 9.00. The van der Waals surface area contributed by atoms with Crippen molar-refractivity contribution in [3.05, 3.63) is 0 Å². The van der Waals surface area contributed by atoms with Crippen LogP contribution in [-0.4, -0.2) is 24.2 Å². The van der Waals surface area contributed by atoms with Gasteiger partial charge in [-0.3, -0.25) is 4.79 Å². The third kappa shape index (κ3) is 350. The number of hydrogen-bond acceptors (Lipinski definition) is 3. The Morgan fingerprint density at radius 3 is 1.56 bits per heavy atom. The van der Waals surface area contributed by atoms with Crippen LogP contribution in [0.15, 0.2) is 0 Å². The van der Waals surface area contributed by atoms with E-state index in [4.69, 9.17) is 21.4 Å². The summed E-state index contributed by atoms with van der Waals surface area (Å²) in [5.41, 5.74) is 9.81. The minimum atomic E-state index is -0.833. The third-order valence-electron chi connectivity index (χ3n) is 0.167. The molecule has 0 rings (SSSR count). The molecule has 9 heavy (non-hydrogen) atoms. The van der Waals surface area contributed by atoms with E-state index in [1.807, 2.05) is 0 Å². The third-order valence-corrected chi connectivity index (χ3v) is 0.167. The second-order valence-corrected chi connectivity index (χ2v) is 1.10. The van der Waals surface area contributed by atoms with E-state index in [1.54, 1.807) is 0 Å². The van der Waals surface area contributed by atoms with Gasteiger partial charge in [0.05, 0.1) is 0 Å². The maximum absolute atomic E-state index is 9.00. The molecule has 0 saturated carbocycles. The van der Waals surface area contributed by atoms with Crippen LogP contribution in [0.25, 0.3) is 0 Å². The Bertz CT molecular complexity index is 54.5. The first kappa shape index (κ1) is 15.9. The van der Waals surface area contributed by atoms with Crippen molar-refractivity contribution in [3.63, 3.8) is 0 Å². The van der Waals surface area contributed by atoms with E-state index < -0.39 is 5.97 Å². The minimum Gasteiger partial charge on any atom is -0.481 e. The molecule has 0 saturated heterocycles. The summed E-state index contributed by atoms with van der Waals surface area (Å²) in [6.45, 7) is 2.28. The molecule has 5 N–H and O–H groups in total. The molecular formula is C4H12N2NiO2. The Hall–Kier alpha value is -0.116. The molecule has 0 aliphatic heterocycles. The van der Waals surface area contributed by atoms with Gasteiger partial charge in [-0.15, -0.1) is 0 Å². The Morgan fingerprint density at radius 1 is 1.44 bits per heavy atom. The monoisotopic (exact) mass is 178 g/mol. The van der Waals surface area contributed by atoms with Gasteiger partial charge >= 0.3 is 0 Å². The van der Waals surface area contributed by atoms with Gasteiger partial charge in [-0.2, -0.15) is 0 Å². The average Bonchev–Trinajstić information content (AvgIpc) is 1.65. The van der Waals surface area contributed by atoms with Gasteiger partial charge in [-0.1, -0.05) is 0 Å². The van der Waals surface area contributed by atoms with Gasteiger partial charge in [0.2, 0.25) is 0 Å². The fraction of sp³-hybridized carbons (Fsp3) is 0.750. The first-order valence-electron chi connectivity index (χ1n) is 2.24. The topological polar surface area (TPSA) is 89.3 Å². The summed E-state index contributed by atoms with van der Waals surface area (Å²) in [6.07, 6.45) is 0. The first-order valence-corrected chi connectivity index (χ1v) is 2.24. The standard InChI is InChI=1S/C2H8N2.C2H4O2.Ni/c3-1-2-4;1-2(3)4;/h1-4H2;1H3,(H,3,4);. The van der Waals surface area contributed by atoms with Crippen LogP contribution in [0.2, 0.25) is 0 Å². The van der Waals surface area contributed by atoms with Crippen LogP contribution in [0.5, 0.6) is 0 Å². The summed E-state index contributed by atoms with van der Waals surface area (Å²) >= 11 is 0. The molecule has 0 aromatic heterocycles. The van der Waals surface area contributed by atoms with Crippen molar-refractivity contribution in [1.29, 1.82) is 0 Å². The number of aliphatic carboxylic acids is 1. The number of carboxylic acid groups (broad SMARTS) is 1. The van der Waals surface area contributed by atoms with E-state index in [0.29, 0.717) is 13.1 Å². The van der Waals surface area contributed by atoms with Crippen molar-refractivity contribution in [3.8, 4) is 0 Å². The van der Waals surface area contributed by atoms with Gasteiger partial charge in [0.1, 0.15) is 0 Å². The van der Waals surface area contributed by atoms with Crippen LogP contribution in [0.4, 0.5) is 0 Å². The van der Waals surface area contributed by atoms with Crippen LogP contribution in [-0.2, 0) is 21.3 Å². The maximum Gasteiger partial charge on any atom is 0.300 e. The van der Waals surface area contributed by atoms with Gasteiger partial charge in [0.15, 0.2) is 0 Å². The van der Waals surface area contributed by atoms with Crippen LogP contribution < -0.4 is 11.5 Å². The number of hydrogen-bond donors (Lipinski definition) is 3. The number of nitrogens with two attached hydrogens (primary N) is 2. The minimum absolute atomic E-state index is 0. The van der Waals surface area contributed by atoms with E-state index in [-0.39, 0.29) is 16.5 Å². The molecule has 0 amide bonds. The molecule has 0 bridgehead atoms. The van der Waals surface area contributed by atoms with Crippen LogP contribution >= 0.6 is 0 Å².